The third-order valence-electron chi connectivity index (χ3n) is 7.68. The van der Waals surface area contributed by atoms with Crippen molar-refractivity contribution in [1.82, 2.24) is 9.97 Å². The highest BCUT2D eigenvalue weighted by atomic mass is 16.3. The average molecular weight is 525 g/mol. The van der Waals surface area contributed by atoms with Gasteiger partial charge in [0.15, 0.2) is 5.82 Å². The molecule has 0 aliphatic heterocycles. The molecule has 0 aliphatic rings. The van der Waals surface area contributed by atoms with Crippen molar-refractivity contribution in [3.63, 3.8) is 0 Å². The molecule has 0 amide bonds. The lowest BCUT2D eigenvalue weighted by Gasteiger charge is -2.09. The normalized spacial score (nSPS) is 11.4. The van der Waals surface area contributed by atoms with Gasteiger partial charge in [0.2, 0.25) is 0 Å². The molecule has 0 unspecified atom stereocenters. The molecule has 8 rings (SSSR count). The van der Waals surface area contributed by atoms with Crippen LogP contribution in [0.5, 0.6) is 0 Å². The van der Waals surface area contributed by atoms with E-state index in [4.69, 9.17) is 14.4 Å². The predicted octanol–water partition coefficient (Wildman–Crippen LogP) is 10.2. The fourth-order valence-electron chi connectivity index (χ4n) is 5.74. The van der Waals surface area contributed by atoms with Gasteiger partial charge in [-0.3, -0.25) is 0 Å². The fourth-order valence-corrected chi connectivity index (χ4v) is 5.74. The van der Waals surface area contributed by atoms with E-state index in [1.165, 1.54) is 10.8 Å². The van der Waals surface area contributed by atoms with Crippen molar-refractivity contribution in [2.75, 3.05) is 0 Å². The lowest BCUT2D eigenvalue weighted by atomic mass is 9.95. The molecular formula is C38H24N2O. The first-order chi connectivity index (χ1) is 20.3. The molecule has 0 saturated heterocycles. The summed E-state index contributed by atoms with van der Waals surface area (Å²) in [5, 5.41) is 4.48. The van der Waals surface area contributed by atoms with Crippen LogP contribution in [0.2, 0.25) is 0 Å². The van der Waals surface area contributed by atoms with Crippen LogP contribution in [0.15, 0.2) is 150 Å². The second kappa shape index (κ2) is 9.58. The Morgan fingerprint density at radius 1 is 0.415 bits per heavy atom. The zero-order chi connectivity index (χ0) is 27.2. The van der Waals surface area contributed by atoms with E-state index in [2.05, 4.69) is 103 Å². The average Bonchev–Trinajstić information content (AvgIpc) is 3.43. The van der Waals surface area contributed by atoms with Crippen LogP contribution in [-0.2, 0) is 0 Å². The number of fused-ring (bicyclic) bond motifs is 4. The van der Waals surface area contributed by atoms with Crippen LogP contribution >= 0.6 is 0 Å². The molecule has 0 aliphatic carbocycles. The third kappa shape index (κ3) is 3.98. The van der Waals surface area contributed by atoms with Crippen molar-refractivity contribution >= 4 is 32.7 Å². The Bertz CT molecular complexity index is 2130. The van der Waals surface area contributed by atoms with Crippen molar-refractivity contribution in [1.29, 1.82) is 0 Å². The van der Waals surface area contributed by atoms with Gasteiger partial charge in [0.05, 0.1) is 17.0 Å². The highest BCUT2D eigenvalue weighted by Crippen LogP contribution is 2.43. The van der Waals surface area contributed by atoms with Gasteiger partial charge in [-0.1, -0.05) is 127 Å². The van der Waals surface area contributed by atoms with E-state index in [-0.39, 0.29) is 0 Å². The maximum Gasteiger partial charge on any atom is 0.164 e. The smallest absolute Gasteiger partial charge is 0.164 e. The Hall–Kier alpha value is -5.54. The van der Waals surface area contributed by atoms with Gasteiger partial charge in [0.25, 0.3) is 0 Å². The van der Waals surface area contributed by atoms with Crippen LogP contribution in [0.3, 0.4) is 0 Å². The molecule has 41 heavy (non-hydrogen) atoms. The maximum absolute atomic E-state index is 6.84. The third-order valence-corrected chi connectivity index (χ3v) is 7.68. The Labute approximate surface area is 237 Å². The summed E-state index contributed by atoms with van der Waals surface area (Å²) in [5.74, 6) is 0.640. The van der Waals surface area contributed by atoms with Gasteiger partial charge in [-0.2, -0.15) is 0 Å². The van der Waals surface area contributed by atoms with E-state index in [1.807, 2.05) is 42.5 Å². The van der Waals surface area contributed by atoms with E-state index in [0.29, 0.717) is 5.82 Å². The van der Waals surface area contributed by atoms with Crippen molar-refractivity contribution in [2.45, 2.75) is 0 Å². The maximum atomic E-state index is 6.84. The molecule has 2 aromatic heterocycles. The SMILES string of the molecule is c1ccc(-c2cc(-c3ccccc3)nc(-c3cccc4c3oc3c(-c5ccccc5)c5ccccc5cc34)n2)cc1. The second-order valence-corrected chi connectivity index (χ2v) is 10.2. The summed E-state index contributed by atoms with van der Waals surface area (Å²) in [4.78, 5) is 10.2. The molecule has 6 aromatic carbocycles. The summed E-state index contributed by atoms with van der Waals surface area (Å²) in [7, 11) is 0. The van der Waals surface area contributed by atoms with Crippen molar-refractivity contribution in [3.05, 3.63) is 146 Å². The van der Waals surface area contributed by atoms with Gasteiger partial charge < -0.3 is 4.42 Å². The van der Waals surface area contributed by atoms with Crippen LogP contribution in [0.4, 0.5) is 0 Å². The minimum Gasteiger partial charge on any atom is -0.455 e. The highest BCUT2D eigenvalue weighted by Gasteiger charge is 2.20. The van der Waals surface area contributed by atoms with Crippen LogP contribution in [0.25, 0.3) is 77.7 Å². The van der Waals surface area contributed by atoms with Crippen LogP contribution in [-0.4, -0.2) is 9.97 Å². The first kappa shape index (κ1) is 23.4. The molecular weight excluding hydrogens is 500 g/mol. The molecule has 2 heterocycles. The zero-order valence-electron chi connectivity index (χ0n) is 22.2. The summed E-state index contributed by atoms with van der Waals surface area (Å²) in [6.07, 6.45) is 0. The number of benzene rings is 6. The zero-order valence-corrected chi connectivity index (χ0v) is 22.2. The van der Waals surface area contributed by atoms with Gasteiger partial charge in [-0.25, -0.2) is 9.97 Å². The van der Waals surface area contributed by atoms with Gasteiger partial charge in [0, 0.05) is 27.5 Å². The number of hydrogen-bond acceptors (Lipinski definition) is 3. The Morgan fingerprint density at radius 2 is 0.976 bits per heavy atom. The van der Waals surface area contributed by atoms with Gasteiger partial charge in [0.1, 0.15) is 11.2 Å². The molecule has 0 fully saturated rings. The standard InChI is InChI=1S/C38H24N2O/c1-4-13-25(14-5-1)33-24-34(26-15-6-2-7-16-26)40-38(39-33)31-22-12-21-30-32-23-28-19-10-11-20-29(28)35(37(32)41-36(30)31)27-17-8-3-9-18-27/h1-24H. The minimum absolute atomic E-state index is 0.640. The summed E-state index contributed by atoms with van der Waals surface area (Å²) in [6, 6.07) is 50.1. The summed E-state index contributed by atoms with van der Waals surface area (Å²) in [6.45, 7) is 0. The number of rotatable bonds is 4. The van der Waals surface area contributed by atoms with Crippen LogP contribution in [0, 0.1) is 0 Å². The second-order valence-electron chi connectivity index (χ2n) is 10.2. The van der Waals surface area contributed by atoms with Gasteiger partial charge in [-0.05, 0) is 34.5 Å². The predicted molar refractivity (Wildman–Crippen MR) is 169 cm³/mol. The lowest BCUT2D eigenvalue weighted by Crippen LogP contribution is -1.96. The van der Waals surface area contributed by atoms with Crippen molar-refractivity contribution < 1.29 is 4.42 Å². The molecule has 3 nitrogen and oxygen atoms in total. The number of nitrogens with zero attached hydrogens (tertiary/aromatic N) is 2. The van der Waals surface area contributed by atoms with Gasteiger partial charge >= 0.3 is 0 Å². The number of furan rings is 1. The lowest BCUT2D eigenvalue weighted by molar-refractivity contribution is 0.671. The first-order valence-electron chi connectivity index (χ1n) is 13.8. The van der Waals surface area contributed by atoms with Crippen molar-refractivity contribution in [3.8, 4) is 45.0 Å². The monoisotopic (exact) mass is 524 g/mol. The summed E-state index contributed by atoms with van der Waals surface area (Å²) >= 11 is 0. The molecule has 0 bridgehead atoms. The van der Waals surface area contributed by atoms with E-state index in [9.17, 15) is 0 Å². The molecule has 192 valence electrons. The highest BCUT2D eigenvalue weighted by molar-refractivity contribution is 6.19. The topological polar surface area (TPSA) is 38.9 Å². The summed E-state index contributed by atoms with van der Waals surface area (Å²) in [5.41, 5.74) is 8.60. The molecule has 0 atom stereocenters. The number of hydrogen-bond donors (Lipinski definition) is 0. The molecule has 0 N–H and O–H groups in total. The van der Waals surface area contributed by atoms with Gasteiger partial charge in [-0.15, -0.1) is 0 Å². The Balaban J connectivity index is 1.43. The summed E-state index contributed by atoms with van der Waals surface area (Å²) < 4.78 is 6.84. The van der Waals surface area contributed by atoms with E-state index in [1.54, 1.807) is 0 Å². The number of para-hydroxylation sites is 1. The molecule has 0 radical (unpaired) electrons. The largest absolute Gasteiger partial charge is 0.455 e. The first-order valence-corrected chi connectivity index (χ1v) is 13.8. The molecule has 0 saturated carbocycles. The van der Waals surface area contributed by atoms with Crippen molar-refractivity contribution in [2.24, 2.45) is 0 Å². The quantitative estimate of drug-likeness (QED) is 0.230. The Kier molecular flexibility index (Phi) is 5.46. The minimum atomic E-state index is 0.640. The van der Waals surface area contributed by atoms with E-state index < -0.39 is 0 Å². The number of aromatic nitrogens is 2. The van der Waals surface area contributed by atoms with Crippen LogP contribution < -0.4 is 0 Å². The Morgan fingerprint density at radius 3 is 1.63 bits per heavy atom. The van der Waals surface area contributed by atoms with E-state index in [0.717, 1.165) is 61.1 Å². The van der Waals surface area contributed by atoms with Crippen LogP contribution in [0.1, 0.15) is 0 Å². The molecule has 8 aromatic rings. The van der Waals surface area contributed by atoms with E-state index >= 15 is 0 Å². The molecule has 0 spiro atoms. The molecule has 3 heteroatoms. The fraction of sp³-hybridized carbons (Fsp3) is 0.